The van der Waals surface area contributed by atoms with E-state index in [0.29, 0.717) is 18.0 Å². The molecule has 0 saturated heterocycles. The van der Waals surface area contributed by atoms with Gasteiger partial charge in [0.05, 0.1) is 11.7 Å². The van der Waals surface area contributed by atoms with Crippen LogP contribution in [0.1, 0.15) is 47.0 Å². The van der Waals surface area contributed by atoms with Crippen LogP contribution in [0.4, 0.5) is 0 Å². The van der Waals surface area contributed by atoms with Crippen molar-refractivity contribution in [2.75, 3.05) is 13.1 Å². The first-order valence-corrected chi connectivity index (χ1v) is 10.7. The van der Waals surface area contributed by atoms with Crippen molar-refractivity contribution in [3.8, 4) is 11.1 Å². The second-order valence-corrected chi connectivity index (χ2v) is 8.23. The Hall–Kier alpha value is -2.44. The van der Waals surface area contributed by atoms with Gasteiger partial charge in [-0.05, 0) is 59.7 Å². The summed E-state index contributed by atoms with van der Waals surface area (Å²) in [7, 11) is 0. The number of benzene rings is 2. The summed E-state index contributed by atoms with van der Waals surface area (Å²) < 4.78 is 0. The molecular formula is C26H32Cl2N2O3. The SMILES string of the molecule is CC(C)Cc1cc(-c2ccc(CCNC[C@@H](O)c3cccnc3)cc2)ccc1C(=O)O.Cl.Cl. The smallest absolute Gasteiger partial charge is 0.335 e. The largest absolute Gasteiger partial charge is 0.478 e. The molecule has 178 valence electrons. The number of aromatic nitrogens is 1. The molecule has 0 radical (unpaired) electrons. The number of carbonyl (C=O) groups is 1. The van der Waals surface area contributed by atoms with Crippen molar-refractivity contribution < 1.29 is 15.0 Å². The van der Waals surface area contributed by atoms with Crippen LogP contribution in [0.3, 0.4) is 0 Å². The lowest BCUT2D eigenvalue weighted by Crippen LogP contribution is -2.23. The third kappa shape index (κ3) is 8.45. The maximum atomic E-state index is 11.5. The van der Waals surface area contributed by atoms with Crippen LogP contribution in [0.5, 0.6) is 0 Å². The standard InChI is InChI=1S/C26H30N2O3.2ClH/c1-18(2)14-23-15-21(9-10-24(23)26(30)31)20-7-5-19(6-8-20)11-13-28-17-25(29)22-4-3-12-27-16-22;;/h3-10,12,15-16,18,25,28-29H,11,13-14,17H2,1-2H3,(H,30,31);2*1H/t25-;;/m1../s1. The highest BCUT2D eigenvalue weighted by atomic mass is 35.5. The van der Waals surface area contributed by atoms with Gasteiger partial charge in [0.25, 0.3) is 0 Å². The lowest BCUT2D eigenvalue weighted by Gasteiger charge is -2.13. The molecule has 5 nitrogen and oxygen atoms in total. The first-order chi connectivity index (χ1) is 14.9. The van der Waals surface area contributed by atoms with Crippen LogP contribution in [-0.2, 0) is 12.8 Å². The van der Waals surface area contributed by atoms with Crippen LogP contribution in [-0.4, -0.2) is 34.3 Å². The molecule has 3 rings (SSSR count). The van der Waals surface area contributed by atoms with Crippen LogP contribution < -0.4 is 5.32 Å². The molecule has 1 aromatic heterocycles. The average molecular weight is 491 g/mol. The molecule has 1 atom stereocenters. The fraction of sp³-hybridized carbons (Fsp3) is 0.308. The number of rotatable bonds is 10. The van der Waals surface area contributed by atoms with Crippen molar-refractivity contribution in [1.29, 1.82) is 0 Å². The van der Waals surface area contributed by atoms with E-state index in [2.05, 4.69) is 48.4 Å². The van der Waals surface area contributed by atoms with Gasteiger partial charge in [-0.2, -0.15) is 0 Å². The van der Waals surface area contributed by atoms with Crippen LogP contribution in [0.25, 0.3) is 11.1 Å². The maximum Gasteiger partial charge on any atom is 0.335 e. The van der Waals surface area contributed by atoms with Crippen molar-refractivity contribution >= 4 is 30.8 Å². The molecule has 0 bridgehead atoms. The number of aliphatic hydroxyl groups excluding tert-OH is 1. The molecule has 0 aliphatic rings. The van der Waals surface area contributed by atoms with E-state index in [1.807, 2.05) is 24.3 Å². The molecule has 7 heteroatoms. The van der Waals surface area contributed by atoms with Crippen LogP contribution in [0.15, 0.2) is 67.0 Å². The molecule has 0 saturated carbocycles. The van der Waals surface area contributed by atoms with E-state index in [0.717, 1.165) is 41.6 Å². The zero-order valence-electron chi connectivity index (χ0n) is 18.9. The highest BCUT2D eigenvalue weighted by Gasteiger charge is 2.13. The van der Waals surface area contributed by atoms with Gasteiger partial charge in [-0.1, -0.05) is 56.3 Å². The Bertz CT molecular complexity index is 996. The van der Waals surface area contributed by atoms with Crippen molar-refractivity contribution in [3.63, 3.8) is 0 Å². The van der Waals surface area contributed by atoms with E-state index in [1.54, 1.807) is 18.5 Å². The van der Waals surface area contributed by atoms with Gasteiger partial charge in [-0.25, -0.2) is 4.79 Å². The monoisotopic (exact) mass is 490 g/mol. The molecule has 0 amide bonds. The average Bonchev–Trinajstić information content (AvgIpc) is 2.77. The molecule has 2 aromatic carbocycles. The number of carboxylic acid groups (broad SMARTS) is 1. The summed E-state index contributed by atoms with van der Waals surface area (Å²) in [5.41, 5.74) is 5.38. The highest BCUT2D eigenvalue weighted by molar-refractivity contribution is 5.90. The number of halogens is 2. The third-order valence-corrected chi connectivity index (χ3v) is 5.25. The predicted octanol–water partition coefficient (Wildman–Crippen LogP) is 5.35. The molecule has 33 heavy (non-hydrogen) atoms. The van der Waals surface area contributed by atoms with E-state index in [-0.39, 0.29) is 24.8 Å². The van der Waals surface area contributed by atoms with Crippen LogP contribution in [0.2, 0.25) is 0 Å². The number of nitrogens with zero attached hydrogens (tertiary/aromatic N) is 1. The van der Waals surface area contributed by atoms with Gasteiger partial charge >= 0.3 is 5.97 Å². The maximum absolute atomic E-state index is 11.5. The van der Waals surface area contributed by atoms with Gasteiger partial charge in [-0.3, -0.25) is 4.98 Å². The first kappa shape index (κ1) is 28.6. The number of carboxylic acids is 1. The summed E-state index contributed by atoms with van der Waals surface area (Å²) in [6, 6.07) is 17.6. The molecule has 0 spiro atoms. The van der Waals surface area contributed by atoms with Gasteiger partial charge in [0.2, 0.25) is 0 Å². The van der Waals surface area contributed by atoms with E-state index in [1.165, 1.54) is 5.56 Å². The second kappa shape index (κ2) is 14.0. The lowest BCUT2D eigenvalue weighted by atomic mass is 9.93. The van der Waals surface area contributed by atoms with Gasteiger partial charge in [0.1, 0.15) is 0 Å². The Morgan fingerprint density at radius 3 is 2.33 bits per heavy atom. The highest BCUT2D eigenvalue weighted by Crippen LogP contribution is 2.25. The quantitative estimate of drug-likeness (QED) is 0.333. The molecule has 0 fully saturated rings. The minimum Gasteiger partial charge on any atom is -0.478 e. The predicted molar refractivity (Wildman–Crippen MR) is 138 cm³/mol. The second-order valence-electron chi connectivity index (χ2n) is 8.23. The van der Waals surface area contributed by atoms with E-state index in [9.17, 15) is 15.0 Å². The fourth-order valence-electron chi connectivity index (χ4n) is 3.62. The van der Waals surface area contributed by atoms with Crippen molar-refractivity contribution in [3.05, 3.63) is 89.2 Å². The fourth-order valence-corrected chi connectivity index (χ4v) is 3.62. The Kier molecular flexibility index (Phi) is 12.1. The Balaban J connectivity index is 0.00000272. The molecule has 0 unspecified atom stereocenters. The topological polar surface area (TPSA) is 82.5 Å². The van der Waals surface area contributed by atoms with Crippen LogP contribution in [0, 0.1) is 5.92 Å². The van der Waals surface area contributed by atoms with E-state index < -0.39 is 12.1 Å². The molecule has 3 aromatic rings. The molecule has 1 heterocycles. The van der Waals surface area contributed by atoms with Gasteiger partial charge in [-0.15, -0.1) is 24.8 Å². The summed E-state index contributed by atoms with van der Waals surface area (Å²) in [5, 5.41) is 22.9. The first-order valence-electron chi connectivity index (χ1n) is 10.7. The zero-order valence-corrected chi connectivity index (χ0v) is 20.5. The minimum absolute atomic E-state index is 0. The Morgan fingerprint density at radius 2 is 1.73 bits per heavy atom. The number of pyridine rings is 1. The summed E-state index contributed by atoms with van der Waals surface area (Å²) in [4.78, 5) is 15.5. The molecule has 3 N–H and O–H groups in total. The summed E-state index contributed by atoms with van der Waals surface area (Å²) in [6.45, 7) is 5.44. The van der Waals surface area contributed by atoms with Crippen molar-refractivity contribution in [1.82, 2.24) is 10.3 Å². The van der Waals surface area contributed by atoms with Crippen LogP contribution >= 0.6 is 24.8 Å². The zero-order chi connectivity index (χ0) is 22.2. The number of aliphatic hydroxyl groups is 1. The molecular weight excluding hydrogens is 459 g/mol. The number of hydrogen-bond donors (Lipinski definition) is 3. The lowest BCUT2D eigenvalue weighted by molar-refractivity contribution is 0.0695. The minimum atomic E-state index is -0.876. The van der Waals surface area contributed by atoms with Crippen molar-refractivity contribution in [2.45, 2.75) is 32.8 Å². The summed E-state index contributed by atoms with van der Waals surface area (Å²) in [6.07, 6.45) is 4.41. The van der Waals surface area contributed by atoms with E-state index >= 15 is 0 Å². The molecule has 0 aliphatic heterocycles. The third-order valence-electron chi connectivity index (χ3n) is 5.25. The van der Waals surface area contributed by atoms with Crippen molar-refractivity contribution in [2.24, 2.45) is 5.92 Å². The summed E-state index contributed by atoms with van der Waals surface area (Å²) >= 11 is 0. The Morgan fingerprint density at radius 1 is 1.03 bits per heavy atom. The number of hydrogen-bond acceptors (Lipinski definition) is 4. The van der Waals surface area contributed by atoms with Gasteiger partial charge in [0.15, 0.2) is 0 Å². The Labute approximate surface area is 208 Å². The number of nitrogens with one attached hydrogen (secondary N) is 1. The van der Waals surface area contributed by atoms with E-state index in [4.69, 9.17) is 0 Å². The molecule has 0 aliphatic carbocycles. The van der Waals surface area contributed by atoms with Gasteiger partial charge < -0.3 is 15.5 Å². The number of aromatic carboxylic acids is 1. The van der Waals surface area contributed by atoms with Gasteiger partial charge in [0, 0.05) is 24.5 Å². The normalized spacial score (nSPS) is 11.4. The summed E-state index contributed by atoms with van der Waals surface area (Å²) in [5.74, 6) is -0.487.